The van der Waals surface area contributed by atoms with Crippen molar-refractivity contribution in [1.29, 1.82) is 0 Å². The summed E-state index contributed by atoms with van der Waals surface area (Å²) in [5.74, 6) is 1.50. The van der Waals surface area contributed by atoms with Gasteiger partial charge < -0.3 is 5.32 Å². The average molecular weight is 330 g/mol. The largest absolute Gasteiger partial charge is 0.316 e. The highest BCUT2D eigenvalue weighted by Crippen LogP contribution is 2.49. The van der Waals surface area contributed by atoms with Gasteiger partial charge in [-0.1, -0.05) is 58.4 Å². The normalized spacial score (nSPS) is 22.5. The van der Waals surface area contributed by atoms with Crippen LogP contribution in [0.25, 0.3) is 0 Å². The summed E-state index contributed by atoms with van der Waals surface area (Å²) in [5, 5.41) is 3.52. The highest BCUT2D eigenvalue weighted by Gasteiger charge is 2.42. The van der Waals surface area contributed by atoms with E-state index in [9.17, 15) is 0 Å². The van der Waals surface area contributed by atoms with E-state index in [1.807, 2.05) is 0 Å². The van der Waals surface area contributed by atoms with Crippen molar-refractivity contribution in [3.63, 3.8) is 0 Å². The summed E-state index contributed by atoms with van der Waals surface area (Å²) >= 11 is 3.55. The van der Waals surface area contributed by atoms with E-state index in [2.05, 4.69) is 82.9 Å². The molecule has 0 bridgehead atoms. The van der Waals surface area contributed by atoms with Crippen LogP contribution >= 0.6 is 15.9 Å². The minimum atomic E-state index is 0.564. The van der Waals surface area contributed by atoms with E-state index in [4.69, 9.17) is 0 Å². The molecular formula is C18H20BrN. The van der Waals surface area contributed by atoms with Gasteiger partial charge in [0, 0.05) is 10.5 Å². The van der Waals surface area contributed by atoms with E-state index < -0.39 is 0 Å². The molecule has 2 aromatic carbocycles. The van der Waals surface area contributed by atoms with Crippen molar-refractivity contribution in [1.82, 2.24) is 5.32 Å². The van der Waals surface area contributed by atoms with Gasteiger partial charge in [-0.2, -0.15) is 0 Å². The second kappa shape index (κ2) is 6.11. The zero-order valence-electron chi connectivity index (χ0n) is 11.7. The van der Waals surface area contributed by atoms with Crippen molar-refractivity contribution in [2.75, 3.05) is 7.05 Å². The molecule has 1 saturated carbocycles. The summed E-state index contributed by atoms with van der Waals surface area (Å²) in [5.41, 5.74) is 2.89. The lowest BCUT2D eigenvalue weighted by Gasteiger charge is -2.16. The molecule has 1 nitrogen and oxygen atoms in total. The predicted molar refractivity (Wildman–Crippen MR) is 88.0 cm³/mol. The van der Waals surface area contributed by atoms with Gasteiger partial charge in [-0.15, -0.1) is 0 Å². The van der Waals surface area contributed by atoms with Crippen LogP contribution in [0.2, 0.25) is 0 Å². The van der Waals surface area contributed by atoms with E-state index in [0.29, 0.717) is 6.04 Å². The van der Waals surface area contributed by atoms with Crippen LogP contribution in [0.4, 0.5) is 0 Å². The minimum absolute atomic E-state index is 0.564. The molecule has 1 aliphatic carbocycles. The first-order chi connectivity index (χ1) is 9.78. The quantitative estimate of drug-likeness (QED) is 0.858. The number of hydrogen-bond donors (Lipinski definition) is 1. The van der Waals surface area contributed by atoms with Crippen LogP contribution in [-0.2, 0) is 6.42 Å². The first-order valence-electron chi connectivity index (χ1n) is 7.24. The minimum Gasteiger partial charge on any atom is -0.316 e. The molecular weight excluding hydrogens is 310 g/mol. The molecule has 1 aliphatic rings. The molecule has 2 aromatic rings. The molecule has 0 heterocycles. The third-order valence-corrected chi connectivity index (χ3v) is 4.79. The van der Waals surface area contributed by atoms with E-state index in [1.165, 1.54) is 22.0 Å². The van der Waals surface area contributed by atoms with Gasteiger partial charge in [0.2, 0.25) is 0 Å². The number of likely N-dealkylation sites (N-methyl/N-ethyl adjacent to an activating group) is 1. The fraction of sp³-hybridized carbons (Fsp3) is 0.333. The fourth-order valence-electron chi connectivity index (χ4n) is 3.13. The SMILES string of the molecule is CNC(Cc1cccc(Br)c1)C1CC1c1ccccc1. The molecule has 0 spiro atoms. The number of halogens is 1. The Bertz CT molecular complexity index is 567. The Balaban J connectivity index is 1.67. The van der Waals surface area contributed by atoms with E-state index in [1.54, 1.807) is 0 Å². The van der Waals surface area contributed by atoms with Crippen LogP contribution in [-0.4, -0.2) is 13.1 Å². The molecule has 1 fully saturated rings. The molecule has 0 saturated heterocycles. The smallest absolute Gasteiger partial charge is 0.0178 e. The summed E-state index contributed by atoms with van der Waals surface area (Å²) in [4.78, 5) is 0. The van der Waals surface area contributed by atoms with Crippen molar-refractivity contribution < 1.29 is 0 Å². The molecule has 20 heavy (non-hydrogen) atoms. The maximum Gasteiger partial charge on any atom is 0.0178 e. The number of hydrogen-bond acceptors (Lipinski definition) is 1. The first-order valence-corrected chi connectivity index (χ1v) is 8.04. The van der Waals surface area contributed by atoms with Gasteiger partial charge >= 0.3 is 0 Å². The van der Waals surface area contributed by atoms with Gasteiger partial charge in [0.05, 0.1) is 0 Å². The Labute approximate surface area is 129 Å². The highest BCUT2D eigenvalue weighted by atomic mass is 79.9. The standard InChI is InChI=1S/C18H20BrN/c1-20-18(11-13-6-5-9-15(19)10-13)17-12-16(17)14-7-3-2-4-8-14/h2-10,16-18,20H,11-12H2,1H3. The number of nitrogens with one attached hydrogen (secondary N) is 1. The summed E-state index contributed by atoms with van der Waals surface area (Å²) in [6, 6.07) is 20.1. The van der Waals surface area contributed by atoms with Crippen molar-refractivity contribution in [2.24, 2.45) is 5.92 Å². The highest BCUT2D eigenvalue weighted by molar-refractivity contribution is 9.10. The molecule has 3 unspecified atom stereocenters. The molecule has 1 N–H and O–H groups in total. The van der Waals surface area contributed by atoms with Crippen LogP contribution in [0, 0.1) is 5.92 Å². The summed E-state index contributed by atoms with van der Waals surface area (Å²) in [6.45, 7) is 0. The van der Waals surface area contributed by atoms with Crippen LogP contribution in [0.3, 0.4) is 0 Å². The third-order valence-electron chi connectivity index (χ3n) is 4.30. The van der Waals surface area contributed by atoms with Gasteiger partial charge in [-0.3, -0.25) is 0 Å². The topological polar surface area (TPSA) is 12.0 Å². The Hall–Kier alpha value is -1.12. The van der Waals surface area contributed by atoms with Gasteiger partial charge in [-0.05, 0) is 55.0 Å². The van der Waals surface area contributed by atoms with Crippen LogP contribution in [0.1, 0.15) is 23.5 Å². The maximum atomic E-state index is 3.55. The van der Waals surface area contributed by atoms with Crippen molar-refractivity contribution >= 4 is 15.9 Å². The second-order valence-electron chi connectivity index (χ2n) is 5.65. The Kier molecular flexibility index (Phi) is 4.23. The third kappa shape index (κ3) is 3.13. The molecule has 0 aromatic heterocycles. The van der Waals surface area contributed by atoms with Crippen molar-refractivity contribution in [3.05, 3.63) is 70.2 Å². The molecule has 0 radical (unpaired) electrons. The molecule has 3 rings (SSSR count). The predicted octanol–water partition coefficient (Wildman–Crippen LogP) is 4.38. The Morgan fingerprint density at radius 3 is 2.65 bits per heavy atom. The first kappa shape index (κ1) is 13.8. The van der Waals surface area contributed by atoms with Gasteiger partial charge in [-0.25, -0.2) is 0 Å². The fourth-order valence-corrected chi connectivity index (χ4v) is 3.57. The van der Waals surface area contributed by atoms with E-state index >= 15 is 0 Å². The zero-order valence-corrected chi connectivity index (χ0v) is 13.3. The van der Waals surface area contributed by atoms with E-state index in [0.717, 1.165) is 18.3 Å². The van der Waals surface area contributed by atoms with Crippen LogP contribution < -0.4 is 5.32 Å². The molecule has 0 aliphatic heterocycles. The lowest BCUT2D eigenvalue weighted by Crippen LogP contribution is -2.30. The van der Waals surface area contributed by atoms with Crippen molar-refractivity contribution in [2.45, 2.75) is 24.8 Å². The molecule has 2 heteroatoms. The van der Waals surface area contributed by atoms with Crippen LogP contribution in [0.5, 0.6) is 0 Å². The van der Waals surface area contributed by atoms with Gasteiger partial charge in [0.25, 0.3) is 0 Å². The monoisotopic (exact) mass is 329 g/mol. The number of rotatable bonds is 5. The Morgan fingerprint density at radius 1 is 1.15 bits per heavy atom. The zero-order chi connectivity index (χ0) is 13.9. The molecule has 3 atom stereocenters. The van der Waals surface area contributed by atoms with Crippen molar-refractivity contribution in [3.8, 4) is 0 Å². The summed E-state index contributed by atoms with van der Waals surface area (Å²) in [6.07, 6.45) is 2.41. The Morgan fingerprint density at radius 2 is 1.95 bits per heavy atom. The second-order valence-corrected chi connectivity index (χ2v) is 6.56. The van der Waals surface area contributed by atoms with Gasteiger partial charge in [0.1, 0.15) is 0 Å². The maximum absolute atomic E-state index is 3.55. The van der Waals surface area contributed by atoms with Gasteiger partial charge in [0.15, 0.2) is 0 Å². The number of benzene rings is 2. The summed E-state index contributed by atoms with van der Waals surface area (Å²) < 4.78 is 1.17. The average Bonchev–Trinajstić information content (AvgIpc) is 3.26. The lowest BCUT2D eigenvalue weighted by atomic mass is 9.99. The summed E-state index contributed by atoms with van der Waals surface area (Å²) in [7, 11) is 2.09. The van der Waals surface area contributed by atoms with E-state index in [-0.39, 0.29) is 0 Å². The lowest BCUT2D eigenvalue weighted by molar-refractivity contribution is 0.491. The molecule has 0 amide bonds. The van der Waals surface area contributed by atoms with Crippen LogP contribution in [0.15, 0.2) is 59.1 Å². The molecule has 104 valence electrons.